The Labute approximate surface area is 234 Å². The van der Waals surface area contributed by atoms with E-state index in [0.717, 1.165) is 12.1 Å². The number of halogens is 2. The highest BCUT2D eigenvalue weighted by Gasteiger charge is 2.41. The summed E-state index contributed by atoms with van der Waals surface area (Å²) in [5, 5.41) is 2.35. The van der Waals surface area contributed by atoms with Crippen LogP contribution >= 0.6 is 0 Å². The zero-order chi connectivity index (χ0) is 30.4. The van der Waals surface area contributed by atoms with E-state index in [2.05, 4.69) is 10.3 Å². The third-order valence-electron chi connectivity index (χ3n) is 6.27. The van der Waals surface area contributed by atoms with Gasteiger partial charge in [0.1, 0.15) is 24.3 Å². The fourth-order valence-corrected chi connectivity index (χ4v) is 3.95. The van der Waals surface area contributed by atoms with Gasteiger partial charge in [-0.3, -0.25) is 14.4 Å². The summed E-state index contributed by atoms with van der Waals surface area (Å²) in [7, 11) is 0. The molecule has 1 saturated heterocycles. The number of pyridine rings is 1. The van der Waals surface area contributed by atoms with Crippen LogP contribution in [0.5, 0.6) is 5.75 Å². The molecule has 2 aromatic rings. The van der Waals surface area contributed by atoms with E-state index in [1.165, 1.54) is 26.1 Å². The molecule has 0 saturated carbocycles. The van der Waals surface area contributed by atoms with Crippen LogP contribution in [0.15, 0.2) is 30.5 Å². The maximum absolute atomic E-state index is 14.1. The molecule has 13 heteroatoms. The van der Waals surface area contributed by atoms with E-state index in [1.807, 2.05) is 0 Å². The van der Waals surface area contributed by atoms with Crippen molar-refractivity contribution < 1.29 is 51.7 Å². The number of aromatic nitrogens is 1. The molecular weight excluding hydrogens is 546 g/mol. The zero-order valence-corrected chi connectivity index (χ0v) is 23.1. The normalized spacial score (nSPS) is 21.1. The van der Waals surface area contributed by atoms with Gasteiger partial charge in [0.15, 0.2) is 23.6 Å². The van der Waals surface area contributed by atoms with Gasteiger partial charge in [-0.25, -0.2) is 23.4 Å². The summed E-state index contributed by atoms with van der Waals surface area (Å²) in [6.45, 7) is 7.23. The van der Waals surface area contributed by atoms with Crippen LogP contribution in [0.3, 0.4) is 0 Å². The second kappa shape index (κ2) is 13.3. The average Bonchev–Trinajstić information content (AvgIpc) is 2.94. The number of rotatable bonds is 7. The number of nitrogens with zero attached hydrogens (tertiary/aromatic N) is 1. The lowest BCUT2D eigenvalue weighted by Crippen LogP contribution is -2.47. The van der Waals surface area contributed by atoms with Crippen molar-refractivity contribution in [2.24, 2.45) is 11.8 Å². The van der Waals surface area contributed by atoms with Crippen molar-refractivity contribution >= 4 is 29.8 Å². The van der Waals surface area contributed by atoms with Crippen molar-refractivity contribution in [3.63, 3.8) is 0 Å². The molecule has 1 fully saturated rings. The fourth-order valence-electron chi connectivity index (χ4n) is 3.95. The molecule has 0 radical (unpaired) electrons. The van der Waals surface area contributed by atoms with Crippen molar-refractivity contribution in [3.8, 4) is 5.75 Å². The molecule has 0 unspecified atom stereocenters. The minimum absolute atomic E-state index is 0.213. The van der Waals surface area contributed by atoms with Crippen LogP contribution in [0.25, 0.3) is 0 Å². The van der Waals surface area contributed by atoms with Crippen molar-refractivity contribution in [1.82, 2.24) is 10.3 Å². The number of carbonyl (C=O) groups is 5. The molecule has 0 spiro atoms. The van der Waals surface area contributed by atoms with Crippen molar-refractivity contribution in [3.05, 3.63) is 58.9 Å². The quantitative estimate of drug-likeness (QED) is 0.385. The van der Waals surface area contributed by atoms with E-state index in [9.17, 15) is 32.8 Å². The van der Waals surface area contributed by atoms with E-state index in [0.29, 0.717) is 6.07 Å². The monoisotopic (exact) mass is 576 g/mol. The highest BCUT2D eigenvalue weighted by Crippen LogP contribution is 2.25. The Morgan fingerprint density at radius 2 is 1.85 bits per heavy atom. The van der Waals surface area contributed by atoms with Crippen LogP contribution < -0.4 is 10.1 Å². The van der Waals surface area contributed by atoms with Crippen LogP contribution in [0.4, 0.5) is 8.78 Å². The summed E-state index contributed by atoms with van der Waals surface area (Å²) >= 11 is 0. The summed E-state index contributed by atoms with van der Waals surface area (Å²) in [4.78, 5) is 67.9. The number of ether oxygens (including phenoxy) is 4. The van der Waals surface area contributed by atoms with Gasteiger partial charge in [-0.1, -0.05) is 20.8 Å². The lowest BCUT2D eigenvalue weighted by atomic mass is 9.95. The number of hydrogen-bond donors (Lipinski definition) is 1. The summed E-state index contributed by atoms with van der Waals surface area (Å²) in [6, 6.07) is 2.17. The summed E-state index contributed by atoms with van der Waals surface area (Å²) < 4.78 is 48.8. The van der Waals surface area contributed by atoms with Crippen LogP contribution in [0.1, 0.15) is 60.5 Å². The number of hydrogen-bond acceptors (Lipinski definition) is 10. The molecule has 1 aromatic heterocycles. The van der Waals surface area contributed by atoms with E-state index >= 15 is 0 Å². The third kappa shape index (κ3) is 7.41. The lowest BCUT2D eigenvalue weighted by molar-refractivity contribution is -0.176. The first-order valence-corrected chi connectivity index (χ1v) is 12.8. The molecule has 3 rings (SSSR count). The average molecular weight is 577 g/mol. The van der Waals surface area contributed by atoms with E-state index in [-0.39, 0.29) is 17.7 Å². The van der Waals surface area contributed by atoms with Gasteiger partial charge in [0.25, 0.3) is 5.91 Å². The smallest absolute Gasteiger partial charge is 0.346 e. The SMILES string of the molecule is CC[C@H]1C(=O)OC[C@H](NC(=O)c2nccc(C)c2OC(=O)c2ccc(F)cc2F)C(=O)O[C@@H](C)[C@@H]1OC(=O)C(C)C. The molecule has 0 aliphatic carbocycles. The van der Waals surface area contributed by atoms with Crippen LogP contribution in [0, 0.1) is 30.4 Å². The molecule has 220 valence electrons. The molecule has 41 heavy (non-hydrogen) atoms. The second-order valence-electron chi connectivity index (χ2n) is 9.69. The van der Waals surface area contributed by atoms with E-state index in [1.54, 1.807) is 20.8 Å². The minimum atomic E-state index is -1.51. The summed E-state index contributed by atoms with van der Waals surface area (Å²) in [5.74, 6) is -8.42. The molecule has 1 amide bonds. The van der Waals surface area contributed by atoms with Gasteiger partial charge in [0.2, 0.25) is 0 Å². The molecule has 1 aromatic carbocycles. The summed E-state index contributed by atoms with van der Waals surface area (Å²) in [6.07, 6.45) is -0.746. The predicted molar refractivity (Wildman–Crippen MR) is 137 cm³/mol. The number of benzene rings is 1. The van der Waals surface area contributed by atoms with Gasteiger partial charge in [0, 0.05) is 12.3 Å². The number of nitrogens with one attached hydrogen (secondary N) is 1. The standard InChI is InChI=1S/C28H30F2N2O9/c1-6-17-23(41-25(34)13(2)3)15(5)39-28(37)20(12-38-26(17)35)32-24(33)21-22(14(4)9-10-31-21)40-27(36)18-8-7-16(29)11-19(18)30/h7-11,13,15,17,20,23H,6,12H2,1-5H3,(H,32,33)/t15-,17+,20-,23-/m0/s1. The molecule has 4 atom stereocenters. The predicted octanol–water partition coefficient (Wildman–Crippen LogP) is 3.07. The highest BCUT2D eigenvalue weighted by molar-refractivity contribution is 5.99. The van der Waals surface area contributed by atoms with Crippen molar-refractivity contribution in [2.45, 2.75) is 59.3 Å². The van der Waals surface area contributed by atoms with E-state index < -0.39 is 89.4 Å². The molecule has 0 bridgehead atoms. The highest BCUT2D eigenvalue weighted by atomic mass is 19.1. The number of aryl methyl sites for hydroxylation is 1. The van der Waals surface area contributed by atoms with Gasteiger partial charge < -0.3 is 24.3 Å². The van der Waals surface area contributed by atoms with Gasteiger partial charge >= 0.3 is 23.9 Å². The van der Waals surface area contributed by atoms with Gasteiger partial charge in [-0.05, 0) is 44.0 Å². The molecule has 2 heterocycles. The molecule has 1 aliphatic heterocycles. The second-order valence-corrected chi connectivity index (χ2v) is 9.69. The van der Waals surface area contributed by atoms with Gasteiger partial charge in [-0.2, -0.15) is 0 Å². The minimum Gasteiger partial charge on any atom is -0.463 e. The van der Waals surface area contributed by atoms with Crippen LogP contribution in [-0.4, -0.2) is 59.6 Å². The van der Waals surface area contributed by atoms with Crippen LogP contribution in [0.2, 0.25) is 0 Å². The molecule has 11 nitrogen and oxygen atoms in total. The first-order chi connectivity index (χ1) is 19.3. The van der Waals surface area contributed by atoms with Crippen molar-refractivity contribution in [2.75, 3.05) is 6.61 Å². The third-order valence-corrected chi connectivity index (χ3v) is 6.27. The topological polar surface area (TPSA) is 147 Å². The maximum atomic E-state index is 14.1. The first kappa shape index (κ1) is 31.1. The number of esters is 4. The Hall–Kier alpha value is -4.42. The Morgan fingerprint density at radius 1 is 1.15 bits per heavy atom. The Bertz CT molecular complexity index is 1350. The Balaban J connectivity index is 1.84. The Kier molecular flexibility index (Phi) is 10.1. The number of amides is 1. The summed E-state index contributed by atoms with van der Waals surface area (Å²) in [5.41, 5.74) is -0.762. The van der Waals surface area contributed by atoms with Gasteiger partial charge in [0.05, 0.1) is 17.4 Å². The largest absolute Gasteiger partial charge is 0.463 e. The van der Waals surface area contributed by atoms with Gasteiger partial charge in [-0.15, -0.1) is 0 Å². The lowest BCUT2D eigenvalue weighted by Gasteiger charge is -2.29. The fraction of sp³-hybridized carbons (Fsp3) is 0.429. The number of carbonyl (C=O) groups excluding carboxylic acids is 5. The zero-order valence-electron chi connectivity index (χ0n) is 23.1. The molecular formula is C28H30F2N2O9. The molecule has 1 aliphatic rings. The molecule has 1 N–H and O–H groups in total. The Morgan fingerprint density at radius 3 is 2.49 bits per heavy atom. The number of cyclic esters (lactones) is 2. The van der Waals surface area contributed by atoms with Crippen LogP contribution in [-0.2, 0) is 28.6 Å². The maximum Gasteiger partial charge on any atom is 0.346 e. The first-order valence-electron chi connectivity index (χ1n) is 12.8. The van der Waals surface area contributed by atoms with E-state index in [4.69, 9.17) is 18.9 Å². The van der Waals surface area contributed by atoms with Crippen molar-refractivity contribution in [1.29, 1.82) is 0 Å².